The summed E-state index contributed by atoms with van der Waals surface area (Å²) < 4.78 is 5.64. The molecule has 31 heavy (non-hydrogen) atoms. The Balaban J connectivity index is 1.26. The highest BCUT2D eigenvalue weighted by atomic mass is 16.5. The van der Waals surface area contributed by atoms with E-state index in [4.69, 9.17) is 4.74 Å². The quantitative estimate of drug-likeness (QED) is 0.695. The third kappa shape index (κ3) is 3.88. The highest BCUT2D eigenvalue weighted by Gasteiger charge is 2.58. The Bertz CT molecular complexity index is 739. The molecule has 0 aliphatic heterocycles. The Hall–Kier alpha value is -0.940. The second-order valence-electron chi connectivity index (χ2n) is 11.8. The van der Waals surface area contributed by atoms with Crippen LogP contribution in [-0.2, 0) is 11.3 Å². The van der Waals surface area contributed by atoms with Gasteiger partial charge < -0.3 is 9.84 Å². The lowest BCUT2D eigenvalue weighted by atomic mass is 9.48. The Morgan fingerprint density at radius 2 is 1.81 bits per heavy atom. The summed E-state index contributed by atoms with van der Waals surface area (Å²) >= 11 is 0. The fourth-order valence-corrected chi connectivity index (χ4v) is 9.08. The molecule has 1 heterocycles. The first-order valence-corrected chi connectivity index (χ1v) is 13.1. The molecule has 0 aromatic carbocycles. The van der Waals surface area contributed by atoms with Crippen LogP contribution in [0.3, 0.4) is 0 Å². The minimum Gasteiger partial charge on any atom is -0.387 e. The van der Waals surface area contributed by atoms with E-state index in [0.29, 0.717) is 30.5 Å². The van der Waals surface area contributed by atoms with Crippen molar-refractivity contribution in [3.63, 3.8) is 0 Å². The van der Waals surface area contributed by atoms with Crippen LogP contribution in [0.15, 0.2) is 12.4 Å². The number of ether oxygens (including phenoxy) is 1. The molecule has 1 aromatic rings. The smallest absolute Gasteiger partial charge is 0.0883 e. The van der Waals surface area contributed by atoms with Gasteiger partial charge in [-0.1, -0.05) is 13.8 Å². The van der Waals surface area contributed by atoms with Crippen LogP contribution in [-0.4, -0.2) is 38.9 Å². The SMILES string of the molecule is CCOC[C@@]1(O)CC[C@H]2[C@H](CC[C@@H]3[C@@H]2CC[C@]2(C)C([C@H](C)Cn4nccn4)CC[C@@H]32)C1. The molecule has 5 nitrogen and oxygen atoms in total. The van der Waals surface area contributed by atoms with Crippen molar-refractivity contribution in [1.82, 2.24) is 15.0 Å². The van der Waals surface area contributed by atoms with Gasteiger partial charge in [0.05, 0.1) is 31.1 Å². The molecule has 0 amide bonds. The van der Waals surface area contributed by atoms with E-state index in [1.165, 1.54) is 44.9 Å². The zero-order valence-electron chi connectivity index (χ0n) is 19.9. The minimum atomic E-state index is -0.568. The van der Waals surface area contributed by atoms with E-state index in [1.807, 2.05) is 11.7 Å². The van der Waals surface area contributed by atoms with Gasteiger partial charge >= 0.3 is 0 Å². The van der Waals surface area contributed by atoms with Crippen molar-refractivity contribution in [2.75, 3.05) is 13.2 Å². The molecule has 0 bridgehead atoms. The number of aliphatic hydroxyl groups is 1. The van der Waals surface area contributed by atoms with Gasteiger partial charge in [0, 0.05) is 6.61 Å². The van der Waals surface area contributed by atoms with Crippen molar-refractivity contribution >= 4 is 0 Å². The van der Waals surface area contributed by atoms with Gasteiger partial charge in [-0.3, -0.25) is 0 Å². The number of fused-ring (bicyclic) bond motifs is 5. The first-order valence-electron chi connectivity index (χ1n) is 13.1. The van der Waals surface area contributed by atoms with Crippen molar-refractivity contribution in [2.45, 2.75) is 90.7 Å². The summed E-state index contributed by atoms with van der Waals surface area (Å²) in [6, 6.07) is 0. The highest BCUT2D eigenvalue weighted by Crippen LogP contribution is 2.65. The van der Waals surface area contributed by atoms with Crippen LogP contribution in [0.25, 0.3) is 0 Å². The van der Waals surface area contributed by atoms with E-state index >= 15 is 0 Å². The molecule has 4 aliphatic carbocycles. The molecule has 1 unspecified atom stereocenters. The van der Waals surface area contributed by atoms with Gasteiger partial charge in [0.25, 0.3) is 0 Å². The monoisotopic (exact) mass is 429 g/mol. The van der Waals surface area contributed by atoms with Crippen molar-refractivity contribution in [1.29, 1.82) is 0 Å². The van der Waals surface area contributed by atoms with Crippen LogP contribution in [0.4, 0.5) is 0 Å². The van der Waals surface area contributed by atoms with Crippen molar-refractivity contribution in [3.05, 3.63) is 12.4 Å². The van der Waals surface area contributed by atoms with Crippen molar-refractivity contribution in [3.8, 4) is 0 Å². The average Bonchev–Trinajstić information content (AvgIpc) is 3.39. The topological polar surface area (TPSA) is 60.2 Å². The first kappa shape index (κ1) is 21.9. The molecule has 0 saturated heterocycles. The normalized spacial score (nSPS) is 45.5. The van der Waals surface area contributed by atoms with Gasteiger partial charge in [-0.05, 0) is 112 Å². The summed E-state index contributed by atoms with van der Waals surface area (Å²) in [5, 5.41) is 19.8. The van der Waals surface area contributed by atoms with Gasteiger partial charge in [-0.25, -0.2) is 0 Å². The van der Waals surface area contributed by atoms with Gasteiger partial charge in [0.15, 0.2) is 0 Å². The van der Waals surface area contributed by atoms with Gasteiger partial charge in [-0.15, -0.1) is 0 Å². The van der Waals surface area contributed by atoms with E-state index in [-0.39, 0.29) is 0 Å². The standard InChI is InChI=1S/C26H43N3O2/c1-4-31-17-26(30)12-10-20-19(15-26)5-6-22-21(20)9-11-25(3)23(7-8-24(22)25)18(2)16-29-27-13-14-28-29/h13-14,18-24,30H,4-12,15-17H2,1-3H3/t18-,19-,20+,21-,22-,23?,24+,25-,26-/m1/s1. The predicted molar refractivity (Wildman–Crippen MR) is 121 cm³/mol. The molecule has 4 saturated carbocycles. The first-order chi connectivity index (χ1) is 14.9. The lowest BCUT2D eigenvalue weighted by Gasteiger charge is -2.57. The molecule has 5 rings (SSSR count). The fraction of sp³-hybridized carbons (Fsp3) is 0.923. The average molecular weight is 430 g/mol. The summed E-state index contributed by atoms with van der Waals surface area (Å²) in [4.78, 5) is 1.89. The highest BCUT2D eigenvalue weighted by molar-refractivity contribution is 5.07. The fourth-order valence-electron chi connectivity index (χ4n) is 9.08. The third-order valence-corrected chi connectivity index (χ3v) is 10.4. The number of hydrogen-bond acceptors (Lipinski definition) is 4. The van der Waals surface area contributed by atoms with Crippen LogP contribution >= 0.6 is 0 Å². The Morgan fingerprint density at radius 3 is 2.58 bits per heavy atom. The van der Waals surface area contributed by atoms with E-state index < -0.39 is 5.60 Å². The number of hydrogen-bond donors (Lipinski definition) is 1. The lowest BCUT2D eigenvalue weighted by molar-refractivity contribution is -0.129. The Kier molecular flexibility index (Phi) is 5.96. The maximum absolute atomic E-state index is 11.1. The second-order valence-corrected chi connectivity index (χ2v) is 11.8. The largest absolute Gasteiger partial charge is 0.387 e. The maximum atomic E-state index is 11.1. The summed E-state index contributed by atoms with van der Waals surface area (Å²) in [6.07, 6.45) is 15.0. The Labute approximate surface area is 188 Å². The van der Waals surface area contributed by atoms with Gasteiger partial charge in [0.2, 0.25) is 0 Å². The van der Waals surface area contributed by atoms with Gasteiger partial charge in [-0.2, -0.15) is 15.0 Å². The summed E-state index contributed by atoms with van der Waals surface area (Å²) in [5.41, 5.74) is -0.0768. The second kappa shape index (κ2) is 8.44. The minimum absolute atomic E-state index is 0.491. The number of aromatic nitrogens is 3. The summed E-state index contributed by atoms with van der Waals surface area (Å²) in [5.74, 6) is 5.70. The van der Waals surface area contributed by atoms with E-state index in [1.54, 1.807) is 12.4 Å². The van der Waals surface area contributed by atoms with Gasteiger partial charge in [0.1, 0.15) is 0 Å². The van der Waals surface area contributed by atoms with E-state index in [9.17, 15) is 5.11 Å². The van der Waals surface area contributed by atoms with Crippen LogP contribution in [0, 0.1) is 46.8 Å². The molecule has 4 fully saturated rings. The van der Waals surface area contributed by atoms with Crippen molar-refractivity contribution < 1.29 is 9.84 Å². The molecule has 4 aliphatic rings. The molecule has 174 valence electrons. The molecule has 1 N–H and O–H groups in total. The predicted octanol–water partition coefficient (Wildman–Crippen LogP) is 4.95. The maximum Gasteiger partial charge on any atom is 0.0883 e. The van der Waals surface area contributed by atoms with Crippen LogP contribution < -0.4 is 0 Å². The zero-order valence-corrected chi connectivity index (χ0v) is 19.9. The number of rotatable bonds is 6. The van der Waals surface area contributed by atoms with Crippen LogP contribution in [0.1, 0.15) is 78.6 Å². The van der Waals surface area contributed by atoms with Crippen molar-refractivity contribution in [2.24, 2.45) is 46.8 Å². The van der Waals surface area contributed by atoms with Crippen LogP contribution in [0.5, 0.6) is 0 Å². The molecule has 5 heteroatoms. The van der Waals surface area contributed by atoms with E-state index in [0.717, 1.165) is 49.0 Å². The summed E-state index contributed by atoms with van der Waals surface area (Å²) in [7, 11) is 0. The summed E-state index contributed by atoms with van der Waals surface area (Å²) in [6.45, 7) is 9.29. The van der Waals surface area contributed by atoms with E-state index in [2.05, 4.69) is 24.0 Å². The molecule has 1 aromatic heterocycles. The third-order valence-electron chi connectivity index (χ3n) is 10.4. The number of nitrogens with zero attached hydrogens (tertiary/aromatic N) is 3. The Morgan fingerprint density at radius 1 is 1.03 bits per heavy atom. The lowest BCUT2D eigenvalue weighted by Crippen LogP contribution is -2.52. The molecule has 9 atom stereocenters. The zero-order chi connectivity index (χ0) is 21.6. The van der Waals surface area contributed by atoms with Crippen LogP contribution in [0.2, 0.25) is 0 Å². The molecular formula is C26H43N3O2. The molecule has 0 radical (unpaired) electrons. The molecule has 0 spiro atoms. The molecular weight excluding hydrogens is 386 g/mol.